The molecule has 0 aliphatic rings. The first-order valence-electron chi connectivity index (χ1n) is 5.90. The molecular weight excluding hydrogens is 218 g/mol. The van der Waals surface area contributed by atoms with Crippen LogP contribution in [-0.2, 0) is 9.59 Å². The molecule has 1 atom stereocenters. The van der Waals surface area contributed by atoms with Gasteiger partial charge in [-0.1, -0.05) is 0 Å². The van der Waals surface area contributed by atoms with E-state index in [9.17, 15) is 9.59 Å². The summed E-state index contributed by atoms with van der Waals surface area (Å²) >= 11 is 0. The topological polar surface area (TPSA) is 61.4 Å². The molecule has 0 aromatic rings. The van der Waals surface area contributed by atoms with Crippen molar-refractivity contribution in [2.24, 2.45) is 0 Å². The van der Waals surface area contributed by atoms with Crippen LogP contribution in [-0.4, -0.2) is 48.9 Å². The van der Waals surface area contributed by atoms with Gasteiger partial charge in [0.05, 0.1) is 6.04 Å². The zero-order chi connectivity index (χ0) is 13.6. The van der Waals surface area contributed by atoms with Crippen LogP contribution in [0.15, 0.2) is 0 Å². The number of amides is 2. The van der Waals surface area contributed by atoms with Crippen LogP contribution < -0.4 is 10.6 Å². The number of hydrogen-bond acceptors (Lipinski definition) is 3. The highest BCUT2D eigenvalue weighted by molar-refractivity contribution is 5.82. The molecule has 0 saturated heterocycles. The average Bonchev–Trinajstić information content (AvgIpc) is 2.21. The Morgan fingerprint density at radius 2 is 1.82 bits per heavy atom. The molecule has 0 fully saturated rings. The molecule has 0 bridgehead atoms. The molecule has 2 amide bonds. The maximum atomic E-state index is 11.9. The van der Waals surface area contributed by atoms with Crippen molar-refractivity contribution in [3.63, 3.8) is 0 Å². The lowest BCUT2D eigenvalue weighted by Crippen LogP contribution is -2.50. The summed E-state index contributed by atoms with van der Waals surface area (Å²) in [6.45, 7) is 8.25. The number of nitrogens with zero attached hydrogens (tertiary/aromatic N) is 1. The first-order chi connectivity index (χ1) is 7.67. The molecule has 0 aliphatic heterocycles. The zero-order valence-corrected chi connectivity index (χ0v) is 11.8. The van der Waals surface area contributed by atoms with E-state index < -0.39 is 0 Å². The van der Waals surface area contributed by atoms with E-state index in [0.717, 1.165) is 0 Å². The van der Waals surface area contributed by atoms with Crippen molar-refractivity contribution in [3.8, 4) is 0 Å². The predicted molar refractivity (Wildman–Crippen MR) is 68.7 cm³/mol. The summed E-state index contributed by atoms with van der Waals surface area (Å²) in [4.78, 5) is 24.8. The highest BCUT2D eigenvalue weighted by atomic mass is 16.2. The fraction of sp³-hybridized carbons (Fsp3) is 0.833. The smallest absolute Gasteiger partial charge is 0.237 e. The molecule has 0 radical (unpaired) electrons. The van der Waals surface area contributed by atoms with Crippen LogP contribution in [0.1, 0.15) is 34.1 Å². The predicted octanol–water partition coefficient (Wildman–Crippen LogP) is 0.358. The van der Waals surface area contributed by atoms with Gasteiger partial charge >= 0.3 is 0 Å². The van der Waals surface area contributed by atoms with Crippen LogP contribution >= 0.6 is 0 Å². The van der Waals surface area contributed by atoms with Crippen molar-refractivity contribution in [2.75, 3.05) is 20.6 Å². The maximum absolute atomic E-state index is 11.9. The van der Waals surface area contributed by atoms with E-state index in [4.69, 9.17) is 0 Å². The first-order valence-corrected chi connectivity index (χ1v) is 5.90. The molecule has 0 aliphatic carbocycles. The van der Waals surface area contributed by atoms with Crippen molar-refractivity contribution < 1.29 is 9.59 Å². The van der Waals surface area contributed by atoms with Gasteiger partial charge in [0.25, 0.3) is 0 Å². The van der Waals surface area contributed by atoms with Crippen LogP contribution in [0.4, 0.5) is 0 Å². The molecular formula is C12H25N3O2. The third-order valence-electron chi connectivity index (χ3n) is 2.51. The van der Waals surface area contributed by atoms with E-state index in [1.807, 2.05) is 39.6 Å². The molecule has 0 saturated carbocycles. The lowest BCUT2D eigenvalue weighted by Gasteiger charge is -2.28. The molecule has 0 heterocycles. The Morgan fingerprint density at radius 1 is 1.29 bits per heavy atom. The number of carbonyl (C=O) groups is 2. The highest BCUT2D eigenvalue weighted by Gasteiger charge is 2.22. The fourth-order valence-corrected chi connectivity index (χ4v) is 1.27. The highest BCUT2D eigenvalue weighted by Crippen LogP contribution is 2.03. The quantitative estimate of drug-likeness (QED) is 0.733. The van der Waals surface area contributed by atoms with Gasteiger partial charge in [0.2, 0.25) is 11.8 Å². The minimum Gasteiger partial charge on any atom is -0.359 e. The Labute approximate surface area is 104 Å². The normalized spacial score (nSPS) is 13.4. The maximum Gasteiger partial charge on any atom is 0.237 e. The van der Waals surface area contributed by atoms with E-state index in [-0.39, 0.29) is 23.4 Å². The SMILES string of the molecule is CNC(=O)CCN(C)C(C)C(=O)NC(C)(C)C. The van der Waals surface area contributed by atoms with Crippen molar-refractivity contribution in [3.05, 3.63) is 0 Å². The van der Waals surface area contributed by atoms with Crippen LogP contribution in [0.3, 0.4) is 0 Å². The lowest BCUT2D eigenvalue weighted by molar-refractivity contribution is -0.128. The number of likely N-dealkylation sites (N-methyl/N-ethyl adjacent to an activating group) is 1. The molecule has 1 unspecified atom stereocenters. The second-order valence-electron chi connectivity index (χ2n) is 5.32. The van der Waals surface area contributed by atoms with Crippen molar-refractivity contribution in [1.82, 2.24) is 15.5 Å². The van der Waals surface area contributed by atoms with Gasteiger partial charge in [0.1, 0.15) is 0 Å². The average molecular weight is 243 g/mol. The van der Waals surface area contributed by atoms with Crippen molar-refractivity contribution >= 4 is 11.8 Å². The third kappa shape index (κ3) is 6.94. The minimum atomic E-state index is -0.237. The summed E-state index contributed by atoms with van der Waals surface area (Å²) in [7, 11) is 3.45. The third-order valence-corrected chi connectivity index (χ3v) is 2.51. The summed E-state index contributed by atoms with van der Waals surface area (Å²) in [5.74, 6) is -0.0304. The molecule has 0 aromatic carbocycles. The van der Waals surface area contributed by atoms with Crippen LogP contribution in [0.5, 0.6) is 0 Å². The van der Waals surface area contributed by atoms with Crippen LogP contribution in [0.25, 0.3) is 0 Å². The molecule has 17 heavy (non-hydrogen) atoms. The van der Waals surface area contributed by atoms with Gasteiger partial charge in [-0.3, -0.25) is 14.5 Å². The van der Waals surface area contributed by atoms with Crippen molar-refractivity contribution in [1.29, 1.82) is 0 Å². The van der Waals surface area contributed by atoms with E-state index in [1.54, 1.807) is 7.05 Å². The molecule has 0 aromatic heterocycles. The number of nitrogens with one attached hydrogen (secondary N) is 2. The minimum absolute atomic E-state index is 0.0136. The number of rotatable bonds is 5. The number of hydrogen-bond donors (Lipinski definition) is 2. The second-order valence-corrected chi connectivity index (χ2v) is 5.32. The molecule has 100 valence electrons. The monoisotopic (exact) mass is 243 g/mol. The van der Waals surface area contributed by atoms with E-state index in [1.165, 1.54) is 0 Å². The Kier molecular flexibility index (Phi) is 6.16. The van der Waals surface area contributed by atoms with Crippen LogP contribution in [0.2, 0.25) is 0 Å². The van der Waals surface area contributed by atoms with Crippen molar-refractivity contribution in [2.45, 2.75) is 45.7 Å². The summed E-state index contributed by atoms with van der Waals surface area (Å²) < 4.78 is 0. The second kappa shape index (κ2) is 6.59. The molecule has 0 rings (SSSR count). The van der Waals surface area contributed by atoms with Gasteiger partial charge in [-0.15, -0.1) is 0 Å². The fourth-order valence-electron chi connectivity index (χ4n) is 1.27. The molecule has 0 spiro atoms. The Balaban J connectivity index is 4.16. The van der Waals surface area contributed by atoms with Gasteiger partial charge in [-0.25, -0.2) is 0 Å². The standard InChI is InChI=1S/C12H25N3O2/c1-9(11(17)14-12(2,3)4)15(6)8-7-10(16)13-5/h9H,7-8H2,1-6H3,(H,13,16)(H,14,17). The van der Waals surface area contributed by atoms with Gasteiger partial charge in [-0.2, -0.15) is 0 Å². The van der Waals surface area contributed by atoms with Gasteiger partial charge in [0, 0.05) is 25.6 Å². The van der Waals surface area contributed by atoms with E-state index in [0.29, 0.717) is 13.0 Å². The van der Waals surface area contributed by atoms with Gasteiger partial charge in [-0.05, 0) is 34.7 Å². The van der Waals surface area contributed by atoms with Gasteiger partial charge < -0.3 is 10.6 Å². The summed E-state index contributed by atoms with van der Waals surface area (Å²) in [6, 6.07) is -0.237. The Hall–Kier alpha value is -1.10. The number of carbonyl (C=O) groups excluding carboxylic acids is 2. The zero-order valence-electron chi connectivity index (χ0n) is 11.8. The molecule has 5 nitrogen and oxygen atoms in total. The Morgan fingerprint density at radius 3 is 2.24 bits per heavy atom. The van der Waals surface area contributed by atoms with E-state index in [2.05, 4.69) is 10.6 Å². The first kappa shape index (κ1) is 15.9. The summed E-state index contributed by atoms with van der Waals surface area (Å²) in [5, 5.41) is 5.48. The largest absolute Gasteiger partial charge is 0.359 e. The lowest BCUT2D eigenvalue weighted by atomic mass is 10.1. The Bertz CT molecular complexity index is 271. The van der Waals surface area contributed by atoms with Crippen LogP contribution in [0, 0.1) is 0 Å². The molecule has 2 N–H and O–H groups in total. The van der Waals surface area contributed by atoms with E-state index >= 15 is 0 Å². The van der Waals surface area contributed by atoms with Gasteiger partial charge in [0.15, 0.2) is 0 Å². The molecule has 5 heteroatoms. The summed E-state index contributed by atoms with van der Waals surface area (Å²) in [6.07, 6.45) is 0.403. The summed E-state index contributed by atoms with van der Waals surface area (Å²) in [5.41, 5.74) is -0.229.